The van der Waals surface area contributed by atoms with Gasteiger partial charge in [0, 0.05) is 24.5 Å². The van der Waals surface area contributed by atoms with Crippen molar-refractivity contribution in [3.8, 4) is 11.5 Å². The van der Waals surface area contributed by atoms with Crippen molar-refractivity contribution in [3.63, 3.8) is 0 Å². The first-order chi connectivity index (χ1) is 16.7. The average molecular weight is 503 g/mol. The van der Waals surface area contributed by atoms with E-state index in [1.807, 2.05) is 54.8 Å². The summed E-state index contributed by atoms with van der Waals surface area (Å²) < 4.78 is 17.0. The van der Waals surface area contributed by atoms with E-state index in [2.05, 4.69) is 18.0 Å². The number of aliphatic hydroxyl groups is 1. The number of aliphatic hydroxyl groups excluding tert-OH is 1. The number of thiophene rings is 1. The van der Waals surface area contributed by atoms with Crippen LogP contribution < -0.4 is 9.47 Å². The number of amides is 1. The smallest absolute Gasteiger partial charge is 0.237 e. The number of ether oxygens (including phenoxy) is 3. The standard InChI is InChI=1S/C27H38N2O5S/c1-6-13-28(16-20(30)18-34-27(2,3)4)17-26(31)29-14-11-25-23(12-15-35-25)24(29)19-33-22-9-7-21(32-5)8-10-22/h6-10,12,15,20,24,30H,1,11,13-14,16-19H2,2-5H3/t20-,24+/m0/s1. The predicted octanol–water partition coefficient (Wildman–Crippen LogP) is 3.93. The third kappa shape index (κ3) is 8.07. The summed E-state index contributed by atoms with van der Waals surface area (Å²) in [6, 6.07) is 9.38. The fourth-order valence-electron chi connectivity index (χ4n) is 4.09. The molecule has 0 saturated heterocycles. The highest BCUT2D eigenvalue weighted by Gasteiger charge is 2.33. The number of rotatable bonds is 12. The van der Waals surface area contributed by atoms with Crippen molar-refractivity contribution in [1.82, 2.24) is 9.80 Å². The van der Waals surface area contributed by atoms with Crippen LogP contribution in [0.2, 0.25) is 0 Å². The van der Waals surface area contributed by atoms with Crippen molar-refractivity contribution in [2.24, 2.45) is 0 Å². The molecule has 1 amide bonds. The number of hydrogen-bond donors (Lipinski definition) is 1. The molecular weight excluding hydrogens is 464 g/mol. The van der Waals surface area contributed by atoms with Crippen molar-refractivity contribution in [3.05, 3.63) is 58.8 Å². The van der Waals surface area contributed by atoms with E-state index < -0.39 is 6.10 Å². The molecule has 1 aromatic heterocycles. The second-order valence-corrected chi connectivity index (χ2v) is 10.7. The summed E-state index contributed by atoms with van der Waals surface area (Å²) in [6.45, 7) is 11.9. The quantitative estimate of drug-likeness (QED) is 0.444. The van der Waals surface area contributed by atoms with Gasteiger partial charge in [-0.25, -0.2) is 0 Å². The average Bonchev–Trinajstić information content (AvgIpc) is 3.30. The lowest BCUT2D eigenvalue weighted by molar-refractivity contribution is -0.136. The minimum Gasteiger partial charge on any atom is -0.497 e. The van der Waals surface area contributed by atoms with E-state index in [-0.39, 0.29) is 30.7 Å². The van der Waals surface area contributed by atoms with Gasteiger partial charge >= 0.3 is 0 Å². The number of carbonyl (C=O) groups excluding carboxylic acids is 1. The largest absolute Gasteiger partial charge is 0.497 e. The Morgan fingerprint density at radius 3 is 2.66 bits per heavy atom. The van der Waals surface area contributed by atoms with E-state index >= 15 is 0 Å². The maximum atomic E-state index is 13.5. The third-order valence-electron chi connectivity index (χ3n) is 5.81. The van der Waals surface area contributed by atoms with E-state index in [9.17, 15) is 9.90 Å². The number of hydrogen-bond acceptors (Lipinski definition) is 7. The van der Waals surface area contributed by atoms with Gasteiger partial charge in [0.2, 0.25) is 5.91 Å². The van der Waals surface area contributed by atoms with Crippen molar-refractivity contribution < 1.29 is 24.1 Å². The van der Waals surface area contributed by atoms with Crippen LogP contribution >= 0.6 is 11.3 Å². The van der Waals surface area contributed by atoms with Crippen LogP contribution in [0.3, 0.4) is 0 Å². The zero-order chi connectivity index (χ0) is 25.4. The van der Waals surface area contributed by atoms with Crippen molar-refractivity contribution >= 4 is 17.2 Å². The molecule has 35 heavy (non-hydrogen) atoms. The van der Waals surface area contributed by atoms with Gasteiger partial charge in [0.05, 0.1) is 38.0 Å². The first kappa shape index (κ1) is 27.2. The van der Waals surface area contributed by atoms with Crippen LogP contribution in [0.5, 0.6) is 11.5 Å². The summed E-state index contributed by atoms with van der Waals surface area (Å²) in [5.74, 6) is 1.51. The van der Waals surface area contributed by atoms with Gasteiger partial charge < -0.3 is 24.2 Å². The minimum atomic E-state index is -0.694. The summed E-state index contributed by atoms with van der Waals surface area (Å²) in [7, 11) is 1.63. The molecule has 7 nitrogen and oxygen atoms in total. The van der Waals surface area contributed by atoms with Gasteiger partial charge in [-0.1, -0.05) is 6.08 Å². The van der Waals surface area contributed by atoms with E-state index in [0.29, 0.717) is 26.2 Å². The van der Waals surface area contributed by atoms with Crippen LogP contribution in [0.4, 0.5) is 0 Å². The molecule has 1 aromatic carbocycles. The maximum absolute atomic E-state index is 13.5. The number of nitrogens with zero attached hydrogens (tertiary/aromatic N) is 2. The Labute approximate surface area is 212 Å². The molecule has 2 aromatic rings. The molecule has 0 unspecified atom stereocenters. The normalized spacial score (nSPS) is 16.6. The molecule has 1 aliphatic rings. The summed E-state index contributed by atoms with van der Waals surface area (Å²) >= 11 is 1.73. The Morgan fingerprint density at radius 2 is 2.00 bits per heavy atom. The molecule has 192 valence electrons. The number of fused-ring (bicyclic) bond motifs is 1. The molecule has 1 aliphatic heterocycles. The topological polar surface area (TPSA) is 71.5 Å². The summed E-state index contributed by atoms with van der Waals surface area (Å²) in [5, 5.41) is 12.6. The summed E-state index contributed by atoms with van der Waals surface area (Å²) in [5.41, 5.74) is 0.820. The molecule has 2 atom stereocenters. The zero-order valence-electron chi connectivity index (χ0n) is 21.2. The Morgan fingerprint density at radius 1 is 1.29 bits per heavy atom. The summed E-state index contributed by atoms with van der Waals surface area (Å²) in [6.07, 6.45) is 1.89. The van der Waals surface area contributed by atoms with Crippen LogP contribution in [0.1, 0.15) is 37.3 Å². The van der Waals surface area contributed by atoms with Gasteiger partial charge in [-0.2, -0.15) is 0 Å². The van der Waals surface area contributed by atoms with Crippen LogP contribution in [0, 0.1) is 0 Å². The third-order valence-corrected chi connectivity index (χ3v) is 6.80. The maximum Gasteiger partial charge on any atom is 0.237 e. The van der Waals surface area contributed by atoms with E-state index in [4.69, 9.17) is 14.2 Å². The second-order valence-electron chi connectivity index (χ2n) is 9.70. The van der Waals surface area contributed by atoms with Gasteiger partial charge in [0.15, 0.2) is 0 Å². The lowest BCUT2D eigenvalue weighted by Gasteiger charge is -2.37. The predicted molar refractivity (Wildman–Crippen MR) is 139 cm³/mol. The van der Waals surface area contributed by atoms with Crippen LogP contribution in [-0.2, 0) is 16.0 Å². The highest BCUT2D eigenvalue weighted by molar-refractivity contribution is 7.10. The molecule has 0 aliphatic carbocycles. The van der Waals surface area contributed by atoms with Crippen molar-refractivity contribution in [1.29, 1.82) is 0 Å². The molecule has 0 saturated carbocycles. The molecule has 1 N–H and O–H groups in total. The van der Waals surface area contributed by atoms with Gasteiger partial charge in [-0.05, 0) is 68.5 Å². The Bertz CT molecular complexity index is 953. The van der Waals surface area contributed by atoms with Gasteiger partial charge in [0.25, 0.3) is 0 Å². The molecule has 0 fully saturated rings. The second kappa shape index (κ2) is 12.5. The first-order valence-electron chi connectivity index (χ1n) is 12.0. The highest BCUT2D eigenvalue weighted by Crippen LogP contribution is 2.34. The molecule has 0 radical (unpaired) electrons. The molecule has 8 heteroatoms. The van der Waals surface area contributed by atoms with E-state index in [1.54, 1.807) is 24.5 Å². The van der Waals surface area contributed by atoms with Crippen molar-refractivity contribution in [2.75, 3.05) is 46.5 Å². The number of methoxy groups -OCH3 is 1. The molecule has 3 rings (SSSR count). The first-order valence-corrected chi connectivity index (χ1v) is 12.9. The Kier molecular flexibility index (Phi) is 9.74. The van der Waals surface area contributed by atoms with Crippen molar-refractivity contribution in [2.45, 2.75) is 44.9 Å². The van der Waals surface area contributed by atoms with Gasteiger partial charge in [-0.15, -0.1) is 17.9 Å². The Hall–Kier alpha value is -2.39. The fourth-order valence-corrected chi connectivity index (χ4v) is 5.02. The monoisotopic (exact) mass is 502 g/mol. The lowest BCUT2D eigenvalue weighted by atomic mass is 10.0. The van der Waals surface area contributed by atoms with Gasteiger partial charge in [0.1, 0.15) is 18.1 Å². The number of carbonyl (C=O) groups is 1. The van der Waals surface area contributed by atoms with Crippen LogP contribution in [0.15, 0.2) is 48.4 Å². The van der Waals surface area contributed by atoms with Gasteiger partial charge in [-0.3, -0.25) is 9.69 Å². The summed E-state index contributed by atoms with van der Waals surface area (Å²) in [4.78, 5) is 18.6. The van der Waals surface area contributed by atoms with E-state index in [1.165, 1.54) is 4.88 Å². The Balaban J connectivity index is 1.67. The molecule has 0 bridgehead atoms. The van der Waals surface area contributed by atoms with Crippen LogP contribution in [-0.4, -0.2) is 79.0 Å². The zero-order valence-corrected chi connectivity index (χ0v) is 22.1. The molecular formula is C27H38N2O5S. The SMILES string of the molecule is C=CCN(CC(=O)N1CCc2sccc2[C@H]1COc1ccc(OC)cc1)C[C@H](O)COC(C)(C)C. The molecule has 0 spiro atoms. The number of benzene rings is 1. The highest BCUT2D eigenvalue weighted by atomic mass is 32.1. The molecule has 2 heterocycles. The minimum absolute atomic E-state index is 0.0102. The lowest BCUT2D eigenvalue weighted by Crippen LogP contribution is -2.48. The fraction of sp³-hybridized carbons (Fsp3) is 0.519. The van der Waals surface area contributed by atoms with E-state index in [0.717, 1.165) is 23.5 Å². The van der Waals surface area contributed by atoms with Crippen LogP contribution in [0.25, 0.3) is 0 Å².